The number of nitrogens with one attached hydrogen (secondary N) is 2. The monoisotopic (exact) mass is 378 g/mol. The molecule has 0 saturated carbocycles. The maximum atomic E-state index is 11.7. The second-order valence-corrected chi connectivity index (χ2v) is 6.30. The fourth-order valence-corrected chi connectivity index (χ4v) is 2.40. The maximum Gasteiger partial charge on any atom is 1.00 e. The maximum absolute atomic E-state index is 11.7. The molecule has 1 aromatic carbocycles. The minimum absolute atomic E-state index is 0. The van der Waals surface area contributed by atoms with Crippen molar-refractivity contribution in [1.82, 2.24) is 4.98 Å². The van der Waals surface area contributed by atoms with Crippen molar-refractivity contribution in [3.8, 4) is 0 Å². The molecule has 1 heterocycles. The number of halogens is 1. The SMILES string of the molecule is CC(C)(C)OC(=O)Nc1ccc2[nH]c(C(=O)O)c(Br)c2c1.[Li+].[OH-]. The van der Waals surface area contributed by atoms with Gasteiger partial charge in [0.15, 0.2) is 0 Å². The van der Waals surface area contributed by atoms with Gasteiger partial charge in [-0.3, -0.25) is 5.32 Å². The molecule has 0 aliphatic rings. The van der Waals surface area contributed by atoms with E-state index in [9.17, 15) is 9.59 Å². The average molecular weight is 379 g/mol. The van der Waals surface area contributed by atoms with Crippen LogP contribution in [-0.2, 0) is 4.74 Å². The quantitative estimate of drug-likeness (QED) is 0.667. The molecule has 0 bridgehead atoms. The van der Waals surface area contributed by atoms with Crippen molar-refractivity contribution >= 4 is 44.6 Å². The predicted octanol–water partition coefficient (Wildman–Crippen LogP) is 0.803. The van der Waals surface area contributed by atoms with E-state index < -0.39 is 17.7 Å². The number of aromatic nitrogens is 1. The number of amides is 1. The average Bonchev–Trinajstić information content (AvgIpc) is 2.64. The molecule has 0 radical (unpaired) electrons. The van der Waals surface area contributed by atoms with Crippen LogP contribution in [0.15, 0.2) is 22.7 Å². The Morgan fingerprint density at radius 1 is 1.30 bits per heavy atom. The topological polar surface area (TPSA) is 121 Å². The van der Waals surface area contributed by atoms with E-state index in [1.54, 1.807) is 39.0 Å². The predicted molar refractivity (Wildman–Crippen MR) is 84.8 cm³/mol. The van der Waals surface area contributed by atoms with Crippen LogP contribution >= 0.6 is 15.9 Å². The summed E-state index contributed by atoms with van der Waals surface area (Å²) in [5, 5.41) is 12.3. The number of anilines is 1. The van der Waals surface area contributed by atoms with Crippen molar-refractivity contribution in [3.63, 3.8) is 0 Å². The summed E-state index contributed by atoms with van der Waals surface area (Å²) in [6.45, 7) is 5.33. The zero-order valence-corrected chi connectivity index (χ0v) is 14.8. The third-order valence-corrected chi connectivity index (χ3v) is 3.42. The molecule has 120 valence electrons. The Bertz CT molecular complexity index is 724. The standard InChI is InChI=1S/C14H15BrN2O4.Li.H2O/c1-14(2,3)21-13(20)16-7-4-5-9-8(6-7)10(15)11(17-9)12(18)19;;/h4-6,17H,1-3H3,(H,16,20)(H,18,19);;1H2/q;+1;/p-1. The van der Waals surface area contributed by atoms with Crippen LogP contribution < -0.4 is 24.2 Å². The molecule has 0 aliphatic heterocycles. The first-order valence-electron chi connectivity index (χ1n) is 6.22. The number of aromatic carboxylic acids is 1. The van der Waals surface area contributed by atoms with Crippen LogP contribution in [0.5, 0.6) is 0 Å². The molecule has 2 aromatic rings. The van der Waals surface area contributed by atoms with E-state index in [1.807, 2.05) is 0 Å². The summed E-state index contributed by atoms with van der Waals surface area (Å²) in [5.41, 5.74) is 0.668. The number of rotatable bonds is 2. The number of ether oxygens (including phenoxy) is 1. The summed E-state index contributed by atoms with van der Waals surface area (Å²) in [6.07, 6.45) is -0.563. The molecule has 7 nitrogen and oxygen atoms in total. The van der Waals surface area contributed by atoms with E-state index in [1.165, 1.54) is 0 Å². The van der Waals surface area contributed by atoms with Gasteiger partial charge >= 0.3 is 30.9 Å². The van der Waals surface area contributed by atoms with Crippen LogP contribution in [0.2, 0.25) is 0 Å². The second-order valence-electron chi connectivity index (χ2n) is 5.51. The smallest absolute Gasteiger partial charge is 0.870 e. The van der Waals surface area contributed by atoms with E-state index in [4.69, 9.17) is 9.84 Å². The van der Waals surface area contributed by atoms with Crippen molar-refractivity contribution < 1.29 is 43.8 Å². The van der Waals surface area contributed by atoms with E-state index in [0.29, 0.717) is 21.1 Å². The van der Waals surface area contributed by atoms with Gasteiger partial charge in [0.05, 0.1) is 4.47 Å². The first-order valence-corrected chi connectivity index (χ1v) is 7.01. The molecular formula is C14H16BrLiN2O5. The van der Waals surface area contributed by atoms with Crippen LogP contribution in [0.4, 0.5) is 10.5 Å². The zero-order valence-electron chi connectivity index (χ0n) is 13.2. The van der Waals surface area contributed by atoms with Crippen LogP contribution in [0.3, 0.4) is 0 Å². The van der Waals surface area contributed by atoms with Gasteiger partial charge in [0.25, 0.3) is 0 Å². The van der Waals surface area contributed by atoms with Gasteiger partial charge in [-0.15, -0.1) is 0 Å². The molecule has 0 aliphatic carbocycles. The molecule has 1 aromatic heterocycles. The Morgan fingerprint density at radius 2 is 1.91 bits per heavy atom. The number of carboxylic acid groups (broad SMARTS) is 1. The summed E-state index contributed by atoms with van der Waals surface area (Å²) in [7, 11) is 0. The fourth-order valence-electron chi connectivity index (χ4n) is 1.81. The number of carbonyl (C=O) groups is 2. The summed E-state index contributed by atoms with van der Waals surface area (Å²) >= 11 is 3.25. The minimum Gasteiger partial charge on any atom is -0.870 e. The van der Waals surface area contributed by atoms with Crippen LogP contribution in [0.1, 0.15) is 31.3 Å². The molecule has 0 unspecified atom stereocenters. The third kappa shape index (κ3) is 5.29. The number of carbonyl (C=O) groups excluding carboxylic acids is 1. The molecule has 4 N–H and O–H groups in total. The van der Waals surface area contributed by atoms with Gasteiger partial charge in [0.1, 0.15) is 11.3 Å². The van der Waals surface area contributed by atoms with Gasteiger partial charge < -0.3 is 20.3 Å². The van der Waals surface area contributed by atoms with E-state index in [-0.39, 0.29) is 30.0 Å². The van der Waals surface area contributed by atoms with Gasteiger partial charge in [-0.2, -0.15) is 0 Å². The van der Waals surface area contributed by atoms with E-state index >= 15 is 0 Å². The number of carboxylic acids is 1. The zero-order chi connectivity index (χ0) is 15.8. The van der Waals surface area contributed by atoms with Crippen LogP contribution in [0.25, 0.3) is 10.9 Å². The van der Waals surface area contributed by atoms with E-state index in [0.717, 1.165) is 0 Å². The van der Waals surface area contributed by atoms with Crippen molar-refractivity contribution in [2.75, 3.05) is 5.32 Å². The molecule has 23 heavy (non-hydrogen) atoms. The Morgan fingerprint density at radius 3 is 2.43 bits per heavy atom. The Kier molecular flexibility index (Phi) is 7.38. The van der Waals surface area contributed by atoms with Crippen molar-refractivity contribution in [2.24, 2.45) is 0 Å². The number of aromatic amines is 1. The normalized spacial score (nSPS) is 10.4. The van der Waals surface area contributed by atoms with Gasteiger partial charge in [-0.1, -0.05) is 0 Å². The van der Waals surface area contributed by atoms with Gasteiger partial charge in [0, 0.05) is 16.6 Å². The van der Waals surface area contributed by atoms with Crippen molar-refractivity contribution in [2.45, 2.75) is 26.4 Å². The van der Waals surface area contributed by atoms with Gasteiger partial charge in [-0.05, 0) is 54.9 Å². The number of H-pyrrole nitrogens is 1. The Balaban J connectivity index is 0.00000242. The van der Waals surface area contributed by atoms with Crippen molar-refractivity contribution in [1.29, 1.82) is 0 Å². The first-order chi connectivity index (χ1) is 9.67. The number of hydrogen-bond acceptors (Lipinski definition) is 4. The second kappa shape index (κ2) is 7.88. The third-order valence-electron chi connectivity index (χ3n) is 2.59. The molecule has 0 spiro atoms. The summed E-state index contributed by atoms with van der Waals surface area (Å²) in [4.78, 5) is 25.6. The molecule has 0 fully saturated rings. The summed E-state index contributed by atoms with van der Waals surface area (Å²) in [6, 6.07) is 5.03. The number of hydrogen-bond donors (Lipinski definition) is 3. The molecule has 0 atom stereocenters. The largest absolute Gasteiger partial charge is 1.00 e. The number of fused-ring (bicyclic) bond motifs is 1. The van der Waals surface area contributed by atoms with E-state index in [2.05, 4.69) is 26.2 Å². The summed E-state index contributed by atoms with van der Waals surface area (Å²) < 4.78 is 5.61. The molecule has 1 amide bonds. The molecule has 2 rings (SSSR count). The minimum atomic E-state index is -1.06. The van der Waals surface area contributed by atoms with Crippen LogP contribution in [0, 0.1) is 0 Å². The first kappa shape index (κ1) is 21.5. The van der Waals surface area contributed by atoms with Crippen molar-refractivity contribution in [3.05, 3.63) is 28.4 Å². The molecule has 9 heteroatoms. The van der Waals surface area contributed by atoms with Crippen LogP contribution in [-0.4, -0.2) is 33.2 Å². The molecular weight excluding hydrogens is 363 g/mol. The number of benzene rings is 1. The Hall–Kier alpha value is -1.46. The van der Waals surface area contributed by atoms with Gasteiger partial charge in [-0.25, -0.2) is 9.59 Å². The fraction of sp³-hybridized carbons (Fsp3) is 0.286. The molecule has 0 saturated heterocycles. The Labute approximate surface area is 153 Å². The van der Waals surface area contributed by atoms with Gasteiger partial charge in [0.2, 0.25) is 0 Å². The summed E-state index contributed by atoms with van der Waals surface area (Å²) in [5.74, 6) is -1.06.